The third-order valence-corrected chi connectivity index (χ3v) is 4.60. The van der Waals surface area contributed by atoms with Crippen molar-refractivity contribution in [1.82, 2.24) is 9.80 Å². The number of benzene rings is 1. The zero-order valence-electron chi connectivity index (χ0n) is 15.4. The fourth-order valence-electron chi connectivity index (χ4n) is 3.46. The zero-order chi connectivity index (χ0) is 20.1. The predicted octanol–water partition coefficient (Wildman–Crippen LogP) is 4.10. The first-order valence-corrected chi connectivity index (χ1v) is 8.59. The molecule has 0 radical (unpaired) electrons. The Labute approximate surface area is 155 Å². The summed E-state index contributed by atoms with van der Waals surface area (Å²) in [5.74, 6) is -0.651. The lowest BCUT2D eigenvalue weighted by molar-refractivity contribution is -0.138. The third-order valence-electron chi connectivity index (χ3n) is 4.60. The molecule has 1 atom stereocenters. The molecule has 2 amide bonds. The van der Waals surface area contributed by atoms with E-state index in [-0.39, 0.29) is 36.3 Å². The molecule has 2 aliphatic rings. The van der Waals surface area contributed by atoms with Crippen molar-refractivity contribution in [3.63, 3.8) is 0 Å². The van der Waals surface area contributed by atoms with Gasteiger partial charge in [-0.3, -0.25) is 4.79 Å². The van der Waals surface area contributed by atoms with Crippen molar-refractivity contribution in [3.05, 3.63) is 41.0 Å². The maximum atomic E-state index is 13.5. The highest BCUT2D eigenvalue weighted by Crippen LogP contribution is 2.43. The molecule has 27 heavy (non-hydrogen) atoms. The summed E-state index contributed by atoms with van der Waals surface area (Å²) in [5.41, 5.74) is -1.41. The standard InChI is InChI=1S/C19H21F3N2O3/c1-5-11-8-12-14-10-23(17(26)27-18(2,3)4)6-7-24(14)16(25)15(12)13(9-11)19(20,21)22/h5,8-9,14H,1,6-7,10H2,2-4H3. The Morgan fingerprint density at radius 1 is 1.26 bits per heavy atom. The van der Waals surface area contributed by atoms with Gasteiger partial charge < -0.3 is 14.5 Å². The van der Waals surface area contributed by atoms with Gasteiger partial charge in [-0.1, -0.05) is 12.7 Å². The van der Waals surface area contributed by atoms with E-state index < -0.39 is 35.4 Å². The highest BCUT2D eigenvalue weighted by Gasteiger charge is 2.47. The number of fused-ring (bicyclic) bond motifs is 3. The quantitative estimate of drug-likeness (QED) is 0.735. The number of amides is 2. The maximum Gasteiger partial charge on any atom is 0.417 e. The van der Waals surface area contributed by atoms with Crippen LogP contribution in [0.3, 0.4) is 0 Å². The number of hydrogen-bond donors (Lipinski definition) is 0. The van der Waals surface area contributed by atoms with Crippen molar-refractivity contribution in [1.29, 1.82) is 0 Å². The topological polar surface area (TPSA) is 49.9 Å². The minimum absolute atomic E-state index is 0.0888. The van der Waals surface area contributed by atoms with Gasteiger partial charge in [-0.15, -0.1) is 0 Å². The Kier molecular flexibility index (Phi) is 4.48. The molecule has 5 nitrogen and oxygen atoms in total. The molecule has 2 heterocycles. The van der Waals surface area contributed by atoms with Crippen LogP contribution in [0.25, 0.3) is 6.08 Å². The molecular weight excluding hydrogens is 361 g/mol. The molecule has 0 saturated carbocycles. The summed E-state index contributed by atoms with van der Waals surface area (Å²) in [5, 5.41) is 0. The first kappa shape index (κ1) is 19.3. The molecule has 0 N–H and O–H groups in total. The Morgan fingerprint density at radius 2 is 1.93 bits per heavy atom. The first-order valence-electron chi connectivity index (χ1n) is 8.59. The number of piperazine rings is 1. The van der Waals surface area contributed by atoms with Gasteiger partial charge in [0, 0.05) is 19.6 Å². The molecule has 0 bridgehead atoms. The van der Waals surface area contributed by atoms with Gasteiger partial charge in [0.2, 0.25) is 0 Å². The van der Waals surface area contributed by atoms with E-state index in [1.165, 1.54) is 15.9 Å². The van der Waals surface area contributed by atoms with E-state index in [9.17, 15) is 22.8 Å². The second-order valence-electron chi connectivity index (χ2n) is 7.68. The lowest BCUT2D eigenvalue weighted by Crippen LogP contribution is -2.50. The van der Waals surface area contributed by atoms with Crippen molar-refractivity contribution >= 4 is 18.1 Å². The second kappa shape index (κ2) is 6.28. The SMILES string of the molecule is C=Cc1cc2c(c(C(F)(F)F)c1)C(=O)N1CCN(C(=O)OC(C)(C)C)CC21. The molecule has 8 heteroatoms. The van der Waals surface area contributed by atoms with Gasteiger partial charge in [0.1, 0.15) is 5.60 Å². The Bertz CT molecular complexity index is 812. The van der Waals surface area contributed by atoms with Crippen LogP contribution < -0.4 is 0 Å². The van der Waals surface area contributed by atoms with Gasteiger partial charge in [-0.25, -0.2) is 4.79 Å². The molecule has 1 unspecified atom stereocenters. The highest BCUT2D eigenvalue weighted by molar-refractivity contribution is 6.01. The van der Waals surface area contributed by atoms with Crippen LogP contribution in [0.2, 0.25) is 0 Å². The van der Waals surface area contributed by atoms with Gasteiger partial charge >= 0.3 is 12.3 Å². The van der Waals surface area contributed by atoms with E-state index in [1.807, 2.05) is 0 Å². The van der Waals surface area contributed by atoms with Crippen LogP contribution in [0, 0.1) is 0 Å². The van der Waals surface area contributed by atoms with Gasteiger partial charge in [0.25, 0.3) is 5.91 Å². The minimum Gasteiger partial charge on any atom is -0.444 e. The third kappa shape index (κ3) is 3.52. The Hall–Kier alpha value is -2.51. The normalized spacial score (nSPS) is 19.6. The van der Waals surface area contributed by atoms with Crippen molar-refractivity contribution in [2.45, 2.75) is 38.6 Å². The lowest BCUT2D eigenvalue weighted by atomic mass is 9.95. The van der Waals surface area contributed by atoms with Gasteiger partial charge in [-0.05, 0) is 44.0 Å². The zero-order valence-corrected chi connectivity index (χ0v) is 15.4. The van der Waals surface area contributed by atoms with Crippen molar-refractivity contribution < 1.29 is 27.5 Å². The Balaban J connectivity index is 1.99. The van der Waals surface area contributed by atoms with Crippen molar-refractivity contribution in [3.8, 4) is 0 Å². The monoisotopic (exact) mass is 382 g/mol. The van der Waals surface area contributed by atoms with Crippen molar-refractivity contribution in [2.75, 3.05) is 19.6 Å². The lowest BCUT2D eigenvalue weighted by Gasteiger charge is -2.38. The summed E-state index contributed by atoms with van der Waals surface area (Å²) in [7, 11) is 0. The molecule has 146 valence electrons. The van der Waals surface area contributed by atoms with Crippen molar-refractivity contribution in [2.24, 2.45) is 0 Å². The van der Waals surface area contributed by atoms with Crippen LogP contribution in [0.5, 0.6) is 0 Å². The molecule has 1 fully saturated rings. The maximum absolute atomic E-state index is 13.5. The molecule has 0 aliphatic carbocycles. The summed E-state index contributed by atoms with van der Waals surface area (Å²) in [6, 6.07) is 1.85. The molecule has 1 aromatic carbocycles. The number of hydrogen-bond acceptors (Lipinski definition) is 3. The number of ether oxygens (including phenoxy) is 1. The van der Waals surface area contributed by atoms with E-state index in [0.29, 0.717) is 0 Å². The average Bonchev–Trinajstić information content (AvgIpc) is 2.84. The van der Waals surface area contributed by atoms with Gasteiger partial charge in [-0.2, -0.15) is 13.2 Å². The van der Waals surface area contributed by atoms with Crippen LogP contribution in [-0.4, -0.2) is 47.0 Å². The first-order chi connectivity index (χ1) is 12.4. The van der Waals surface area contributed by atoms with Crippen LogP contribution in [0.1, 0.15) is 53.9 Å². The second-order valence-corrected chi connectivity index (χ2v) is 7.68. The van der Waals surface area contributed by atoms with Crippen LogP contribution in [0.15, 0.2) is 18.7 Å². The average molecular weight is 382 g/mol. The summed E-state index contributed by atoms with van der Waals surface area (Å²) >= 11 is 0. The number of alkyl halides is 3. The van der Waals surface area contributed by atoms with E-state index >= 15 is 0 Å². The molecule has 1 saturated heterocycles. The highest BCUT2D eigenvalue weighted by atomic mass is 19.4. The fraction of sp³-hybridized carbons (Fsp3) is 0.474. The smallest absolute Gasteiger partial charge is 0.417 e. The number of halogens is 3. The number of carbonyl (C=O) groups excluding carboxylic acids is 2. The minimum atomic E-state index is -4.65. The summed E-state index contributed by atoms with van der Waals surface area (Å²) in [6.45, 7) is 9.20. The molecule has 0 spiro atoms. The van der Waals surface area contributed by atoms with E-state index in [0.717, 1.165) is 6.07 Å². The number of nitrogens with zero attached hydrogens (tertiary/aromatic N) is 2. The molecule has 0 aromatic heterocycles. The van der Waals surface area contributed by atoms with Crippen LogP contribution >= 0.6 is 0 Å². The van der Waals surface area contributed by atoms with Gasteiger partial charge in [0.05, 0.1) is 17.2 Å². The van der Waals surface area contributed by atoms with E-state index in [2.05, 4.69) is 6.58 Å². The summed E-state index contributed by atoms with van der Waals surface area (Å²) in [4.78, 5) is 27.8. The summed E-state index contributed by atoms with van der Waals surface area (Å²) < 4.78 is 45.9. The fourth-order valence-corrected chi connectivity index (χ4v) is 3.46. The number of carbonyl (C=O) groups is 2. The van der Waals surface area contributed by atoms with Gasteiger partial charge in [0.15, 0.2) is 0 Å². The molecule has 3 rings (SSSR count). The van der Waals surface area contributed by atoms with Crippen LogP contribution in [0.4, 0.5) is 18.0 Å². The molecular formula is C19H21F3N2O3. The largest absolute Gasteiger partial charge is 0.444 e. The number of rotatable bonds is 1. The van der Waals surface area contributed by atoms with Crippen LogP contribution in [-0.2, 0) is 10.9 Å². The Morgan fingerprint density at radius 3 is 2.48 bits per heavy atom. The van der Waals surface area contributed by atoms with E-state index in [1.54, 1.807) is 26.8 Å². The van der Waals surface area contributed by atoms with E-state index in [4.69, 9.17) is 4.74 Å². The predicted molar refractivity (Wildman–Crippen MR) is 93.1 cm³/mol. The molecule has 1 aromatic rings. The summed E-state index contributed by atoms with van der Waals surface area (Å²) in [6.07, 6.45) is -3.88. The molecule has 2 aliphatic heterocycles.